The van der Waals surface area contributed by atoms with E-state index in [1.807, 2.05) is 18.4 Å². The number of aromatic nitrogens is 2. The summed E-state index contributed by atoms with van der Waals surface area (Å²) in [5.41, 5.74) is 0.531. The van der Waals surface area contributed by atoms with Gasteiger partial charge in [-0.25, -0.2) is 9.97 Å². The van der Waals surface area contributed by atoms with Gasteiger partial charge < -0.3 is 10.1 Å². The average Bonchev–Trinajstić information content (AvgIpc) is 3.13. The number of amides is 1. The van der Waals surface area contributed by atoms with Crippen molar-refractivity contribution in [2.24, 2.45) is 0 Å². The van der Waals surface area contributed by atoms with Crippen LogP contribution in [0.15, 0.2) is 29.9 Å². The molecule has 3 heterocycles. The number of rotatable bonds is 6. The van der Waals surface area contributed by atoms with E-state index >= 15 is 0 Å². The van der Waals surface area contributed by atoms with Gasteiger partial charge in [0.15, 0.2) is 5.82 Å². The second kappa shape index (κ2) is 7.85. The molecule has 0 unspecified atom stereocenters. The standard InChI is InChI=1S/C18H23N3O2S/c1-18(8-2-3-9-23-18)17-20-12-14(13-21-17)11-19-16(22)7-6-15-5-4-10-24-15/h4-5,10,12-13H,2-3,6-9,11H2,1H3,(H,19,22)/t18-/m1/s1. The largest absolute Gasteiger partial charge is 0.367 e. The van der Waals surface area contributed by atoms with Crippen LogP contribution in [0.4, 0.5) is 0 Å². The van der Waals surface area contributed by atoms with Crippen LogP contribution in [0.3, 0.4) is 0 Å². The predicted molar refractivity (Wildman–Crippen MR) is 93.7 cm³/mol. The lowest BCUT2D eigenvalue weighted by Gasteiger charge is -2.32. The van der Waals surface area contributed by atoms with Gasteiger partial charge in [0, 0.05) is 42.4 Å². The Morgan fingerprint density at radius 1 is 1.38 bits per heavy atom. The fraction of sp³-hybridized carbons (Fsp3) is 0.500. The van der Waals surface area contributed by atoms with Crippen LogP contribution in [0.5, 0.6) is 0 Å². The first kappa shape index (κ1) is 17.0. The van der Waals surface area contributed by atoms with Gasteiger partial charge in [0.05, 0.1) is 0 Å². The van der Waals surface area contributed by atoms with Crippen molar-refractivity contribution in [3.8, 4) is 0 Å². The lowest BCUT2D eigenvalue weighted by atomic mass is 9.95. The summed E-state index contributed by atoms with van der Waals surface area (Å²) in [6, 6.07) is 4.06. The average molecular weight is 345 g/mol. The summed E-state index contributed by atoms with van der Waals surface area (Å²) in [4.78, 5) is 22.1. The smallest absolute Gasteiger partial charge is 0.220 e. The van der Waals surface area contributed by atoms with Gasteiger partial charge in [0.1, 0.15) is 5.60 Å². The third kappa shape index (κ3) is 4.39. The summed E-state index contributed by atoms with van der Waals surface area (Å²) in [6.45, 7) is 3.27. The first-order valence-electron chi connectivity index (χ1n) is 8.40. The first-order valence-corrected chi connectivity index (χ1v) is 9.28. The highest BCUT2D eigenvalue weighted by Crippen LogP contribution is 2.32. The highest BCUT2D eigenvalue weighted by molar-refractivity contribution is 7.09. The van der Waals surface area contributed by atoms with E-state index < -0.39 is 0 Å². The molecule has 0 radical (unpaired) electrons. The maximum absolute atomic E-state index is 11.9. The van der Waals surface area contributed by atoms with E-state index in [2.05, 4.69) is 21.4 Å². The molecule has 1 fully saturated rings. The summed E-state index contributed by atoms with van der Waals surface area (Å²) in [5.74, 6) is 0.782. The quantitative estimate of drug-likeness (QED) is 0.873. The number of nitrogens with one attached hydrogen (secondary N) is 1. The molecule has 0 bridgehead atoms. The van der Waals surface area contributed by atoms with Gasteiger partial charge >= 0.3 is 0 Å². The number of hydrogen-bond acceptors (Lipinski definition) is 5. The minimum Gasteiger partial charge on any atom is -0.367 e. The van der Waals surface area contributed by atoms with Crippen molar-refractivity contribution < 1.29 is 9.53 Å². The van der Waals surface area contributed by atoms with Crippen molar-refractivity contribution in [1.29, 1.82) is 0 Å². The predicted octanol–water partition coefficient (Wildman–Crippen LogP) is 3.20. The number of ether oxygens (including phenoxy) is 1. The minimum absolute atomic E-state index is 0.0510. The topological polar surface area (TPSA) is 64.1 Å². The molecule has 5 nitrogen and oxygen atoms in total. The molecule has 1 N–H and O–H groups in total. The molecule has 1 atom stereocenters. The minimum atomic E-state index is -0.374. The van der Waals surface area contributed by atoms with Crippen LogP contribution >= 0.6 is 11.3 Å². The van der Waals surface area contributed by atoms with Gasteiger partial charge in [-0.1, -0.05) is 6.07 Å². The van der Waals surface area contributed by atoms with E-state index in [0.717, 1.165) is 43.7 Å². The van der Waals surface area contributed by atoms with Crippen LogP contribution in [-0.2, 0) is 28.1 Å². The van der Waals surface area contributed by atoms with E-state index in [4.69, 9.17) is 4.74 Å². The molecule has 6 heteroatoms. The number of hydrogen-bond donors (Lipinski definition) is 1. The number of carbonyl (C=O) groups is 1. The molecule has 24 heavy (non-hydrogen) atoms. The Kier molecular flexibility index (Phi) is 5.58. The number of nitrogens with zero attached hydrogens (tertiary/aromatic N) is 2. The maximum Gasteiger partial charge on any atom is 0.220 e. The van der Waals surface area contributed by atoms with Crippen LogP contribution in [0.2, 0.25) is 0 Å². The zero-order valence-electron chi connectivity index (χ0n) is 14.0. The van der Waals surface area contributed by atoms with Gasteiger partial charge in [-0.2, -0.15) is 0 Å². The Balaban J connectivity index is 1.48. The van der Waals surface area contributed by atoms with E-state index in [-0.39, 0.29) is 11.5 Å². The molecule has 0 saturated carbocycles. The number of thiophene rings is 1. The van der Waals surface area contributed by atoms with Crippen molar-refractivity contribution in [1.82, 2.24) is 15.3 Å². The summed E-state index contributed by atoms with van der Waals surface area (Å²) in [5, 5.41) is 4.95. The van der Waals surface area contributed by atoms with Gasteiger partial charge in [-0.05, 0) is 44.1 Å². The first-order chi connectivity index (χ1) is 11.7. The molecule has 1 saturated heterocycles. The number of carbonyl (C=O) groups excluding carboxylic acids is 1. The van der Waals surface area contributed by atoms with E-state index in [9.17, 15) is 4.79 Å². The molecule has 2 aromatic rings. The van der Waals surface area contributed by atoms with Gasteiger partial charge in [-0.3, -0.25) is 4.79 Å². The molecule has 128 valence electrons. The molecular weight excluding hydrogens is 322 g/mol. The monoisotopic (exact) mass is 345 g/mol. The number of aryl methyl sites for hydroxylation is 1. The second-order valence-electron chi connectivity index (χ2n) is 6.31. The van der Waals surface area contributed by atoms with Crippen LogP contribution < -0.4 is 5.32 Å². The third-order valence-electron chi connectivity index (χ3n) is 4.32. The van der Waals surface area contributed by atoms with Gasteiger partial charge in [-0.15, -0.1) is 11.3 Å². The van der Waals surface area contributed by atoms with Crippen molar-refractivity contribution >= 4 is 17.2 Å². The van der Waals surface area contributed by atoms with E-state index in [1.54, 1.807) is 23.7 Å². The molecule has 0 spiro atoms. The maximum atomic E-state index is 11.9. The summed E-state index contributed by atoms with van der Waals surface area (Å²) in [7, 11) is 0. The lowest BCUT2D eigenvalue weighted by molar-refractivity contribution is -0.121. The van der Waals surface area contributed by atoms with Crippen molar-refractivity contribution in [3.63, 3.8) is 0 Å². The Labute approximate surface area is 146 Å². The third-order valence-corrected chi connectivity index (χ3v) is 5.25. The van der Waals surface area contributed by atoms with Gasteiger partial charge in [0.25, 0.3) is 0 Å². The molecule has 1 aliphatic heterocycles. The fourth-order valence-electron chi connectivity index (χ4n) is 2.81. The molecule has 0 aliphatic carbocycles. The molecule has 1 amide bonds. The Morgan fingerprint density at radius 3 is 2.88 bits per heavy atom. The van der Waals surface area contributed by atoms with E-state index in [1.165, 1.54) is 4.88 Å². The molecular formula is C18H23N3O2S. The second-order valence-corrected chi connectivity index (χ2v) is 7.34. The van der Waals surface area contributed by atoms with Crippen molar-refractivity contribution in [2.45, 2.75) is 51.2 Å². The normalized spacial score (nSPS) is 20.7. The summed E-state index contributed by atoms with van der Waals surface area (Å²) >= 11 is 1.68. The molecule has 2 aromatic heterocycles. The zero-order valence-corrected chi connectivity index (χ0v) is 14.8. The fourth-order valence-corrected chi connectivity index (χ4v) is 3.52. The lowest BCUT2D eigenvalue weighted by Crippen LogP contribution is -2.32. The van der Waals surface area contributed by atoms with Crippen molar-refractivity contribution in [2.75, 3.05) is 6.61 Å². The Morgan fingerprint density at radius 2 is 2.21 bits per heavy atom. The van der Waals surface area contributed by atoms with Crippen molar-refractivity contribution in [3.05, 3.63) is 46.2 Å². The van der Waals surface area contributed by atoms with E-state index in [0.29, 0.717) is 13.0 Å². The Bertz CT molecular complexity index is 649. The van der Waals surface area contributed by atoms with Crippen LogP contribution in [0.25, 0.3) is 0 Å². The summed E-state index contributed by atoms with van der Waals surface area (Å²) < 4.78 is 5.86. The SMILES string of the molecule is C[C@]1(c2ncc(CNC(=O)CCc3cccs3)cn2)CCCCO1. The summed E-state index contributed by atoms with van der Waals surface area (Å²) in [6.07, 6.45) is 8.05. The van der Waals surface area contributed by atoms with Crippen LogP contribution in [-0.4, -0.2) is 22.5 Å². The van der Waals surface area contributed by atoms with Gasteiger partial charge in [0.2, 0.25) is 5.91 Å². The highest BCUT2D eigenvalue weighted by atomic mass is 32.1. The highest BCUT2D eigenvalue weighted by Gasteiger charge is 2.32. The zero-order chi connectivity index (χ0) is 16.8. The van der Waals surface area contributed by atoms with Crippen LogP contribution in [0, 0.1) is 0 Å². The van der Waals surface area contributed by atoms with Crippen LogP contribution in [0.1, 0.15) is 48.9 Å². The molecule has 0 aromatic carbocycles. The Hall–Kier alpha value is -1.79. The molecule has 3 rings (SSSR count). The molecule has 1 aliphatic rings.